The molecule has 0 atom stereocenters. The van der Waals surface area contributed by atoms with Crippen LogP contribution in [-0.2, 0) is 4.74 Å². The highest BCUT2D eigenvalue weighted by Crippen LogP contribution is 2.15. The van der Waals surface area contributed by atoms with Gasteiger partial charge in [-0.2, -0.15) is 0 Å². The fourth-order valence-corrected chi connectivity index (χ4v) is 3.01. The molecule has 0 aromatic heterocycles. The molecule has 0 bridgehead atoms. The second-order valence-electron chi connectivity index (χ2n) is 5.92. The number of likely N-dealkylation sites (N-methyl/N-ethyl adjacent to an activating group) is 1. The quantitative estimate of drug-likeness (QED) is 0.427. The minimum atomic E-state index is 0. The van der Waals surface area contributed by atoms with Crippen LogP contribution in [0.5, 0.6) is 0 Å². The predicted octanol–water partition coefficient (Wildman–Crippen LogP) is 0.998. The number of ether oxygens (including phenoxy) is 1. The molecule has 0 radical (unpaired) electrons. The van der Waals surface area contributed by atoms with E-state index in [0.717, 1.165) is 13.2 Å². The third-order valence-corrected chi connectivity index (χ3v) is 4.58. The first-order valence-corrected chi connectivity index (χ1v) is 8.26. The summed E-state index contributed by atoms with van der Waals surface area (Å²) in [5.41, 5.74) is 0. The largest absolute Gasteiger partial charge is 1.00 e. The van der Waals surface area contributed by atoms with Crippen molar-refractivity contribution >= 4 is 0 Å². The number of hydrogen-bond donors (Lipinski definition) is 0. The zero-order valence-electron chi connectivity index (χ0n) is 13.1. The van der Waals surface area contributed by atoms with Gasteiger partial charge in [0.2, 0.25) is 0 Å². The third-order valence-electron chi connectivity index (χ3n) is 4.58. The summed E-state index contributed by atoms with van der Waals surface area (Å²) in [6, 6.07) is 0. The van der Waals surface area contributed by atoms with Crippen molar-refractivity contribution in [2.45, 2.75) is 65.2 Å². The van der Waals surface area contributed by atoms with E-state index in [-0.39, 0.29) is 17.0 Å². The molecule has 1 aliphatic rings. The lowest BCUT2D eigenvalue weighted by molar-refractivity contribution is -0.933. The van der Waals surface area contributed by atoms with Crippen LogP contribution in [0.25, 0.3) is 0 Å². The van der Waals surface area contributed by atoms with Crippen molar-refractivity contribution in [1.82, 2.24) is 0 Å². The highest BCUT2D eigenvalue weighted by molar-refractivity contribution is 4.51. The Morgan fingerprint density at radius 1 is 0.789 bits per heavy atom. The minimum Gasteiger partial charge on any atom is -1.00 e. The summed E-state index contributed by atoms with van der Waals surface area (Å²) < 4.78 is 6.81. The lowest BCUT2D eigenvalue weighted by Gasteiger charge is -2.40. The van der Waals surface area contributed by atoms with Crippen molar-refractivity contribution in [1.29, 1.82) is 0 Å². The predicted molar refractivity (Wildman–Crippen MR) is 78.8 cm³/mol. The molecule has 0 unspecified atom stereocenters. The van der Waals surface area contributed by atoms with Gasteiger partial charge in [-0.05, 0) is 19.8 Å². The highest BCUT2D eigenvalue weighted by atomic mass is 79.9. The van der Waals surface area contributed by atoms with E-state index in [2.05, 4.69) is 13.8 Å². The maximum Gasteiger partial charge on any atom is 0.102 e. The Morgan fingerprint density at radius 3 is 1.84 bits per heavy atom. The van der Waals surface area contributed by atoms with Gasteiger partial charge in [-0.25, -0.2) is 0 Å². The zero-order chi connectivity index (χ0) is 13.1. The lowest BCUT2D eigenvalue weighted by Crippen LogP contribution is -3.00. The average Bonchev–Trinajstić information content (AvgIpc) is 2.43. The van der Waals surface area contributed by atoms with Gasteiger partial charge in [-0.1, -0.05) is 45.4 Å². The average molecular weight is 336 g/mol. The number of nitrogens with zero attached hydrogens (tertiary/aromatic N) is 1. The minimum absolute atomic E-state index is 0. The second-order valence-corrected chi connectivity index (χ2v) is 5.92. The molecule has 0 aliphatic carbocycles. The second kappa shape index (κ2) is 12.2. The van der Waals surface area contributed by atoms with Gasteiger partial charge in [0.15, 0.2) is 0 Å². The van der Waals surface area contributed by atoms with Crippen LogP contribution in [0.4, 0.5) is 0 Å². The monoisotopic (exact) mass is 335 g/mol. The molecule has 19 heavy (non-hydrogen) atoms. The van der Waals surface area contributed by atoms with E-state index in [1.54, 1.807) is 0 Å². The molecule has 1 rings (SSSR count). The van der Waals surface area contributed by atoms with Crippen LogP contribution in [0.1, 0.15) is 65.2 Å². The summed E-state index contributed by atoms with van der Waals surface area (Å²) in [5.74, 6) is 0. The van der Waals surface area contributed by atoms with Crippen molar-refractivity contribution in [3.05, 3.63) is 0 Å². The Bertz CT molecular complexity index is 193. The van der Waals surface area contributed by atoms with Crippen LogP contribution in [0, 0.1) is 0 Å². The lowest BCUT2D eigenvalue weighted by atomic mass is 10.1. The number of hydrogen-bond acceptors (Lipinski definition) is 1. The molecule has 1 saturated heterocycles. The molecule has 3 heteroatoms. The molecule has 1 heterocycles. The molecule has 0 amide bonds. The van der Waals surface area contributed by atoms with Gasteiger partial charge in [-0.15, -0.1) is 0 Å². The molecule has 0 saturated carbocycles. The van der Waals surface area contributed by atoms with Crippen LogP contribution < -0.4 is 17.0 Å². The van der Waals surface area contributed by atoms with Gasteiger partial charge in [-0.3, -0.25) is 0 Å². The number of rotatable bonds is 10. The van der Waals surface area contributed by atoms with Gasteiger partial charge in [0.25, 0.3) is 0 Å². The Hall–Kier alpha value is 0.400. The maximum absolute atomic E-state index is 5.49. The normalized spacial score (nSPS) is 18.0. The molecule has 0 aromatic carbocycles. The van der Waals surface area contributed by atoms with Crippen LogP contribution in [0.3, 0.4) is 0 Å². The topological polar surface area (TPSA) is 9.23 Å². The van der Waals surface area contributed by atoms with Crippen molar-refractivity contribution in [2.75, 3.05) is 39.4 Å². The Kier molecular flexibility index (Phi) is 12.4. The Labute approximate surface area is 131 Å². The van der Waals surface area contributed by atoms with E-state index in [9.17, 15) is 0 Å². The van der Waals surface area contributed by atoms with E-state index in [0.29, 0.717) is 0 Å². The smallest absolute Gasteiger partial charge is 0.102 e. The first-order chi connectivity index (χ1) is 8.83. The summed E-state index contributed by atoms with van der Waals surface area (Å²) >= 11 is 0. The summed E-state index contributed by atoms with van der Waals surface area (Å²) in [5, 5.41) is 0. The van der Waals surface area contributed by atoms with Crippen molar-refractivity contribution in [2.24, 2.45) is 0 Å². The van der Waals surface area contributed by atoms with Crippen molar-refractivity contribution in [3.63, 3.8) is 0 Å². The molecular formula is C16H34BrNO. The Morgan fingerprint density at radius 2 is 1.32 bits per heavy atom. The molecule has 0 N–H and O–H groups in total. The van der Waals surface area contributed by atoms with Gasteiger partial charge < -0.3 is 26.2 Å². The zero-order valence-corrected chi connectivity index (χ0v) is 14.7. The SMILES string of the molecule is CCCCCCCCCC[N+]1(CC)CCOCC1.[Br-]. The van der Waals surface area contributed by atoms with Gasteiger partial charge in [0.05, 0.1) is 26.3 Å². The number of quaternary nitrogens is 1. The molecular weight excluding hydrogens is 302 g/mol. The number of unbranched alkanes of at least 4 members (excludes halogenated alkanes) is 7. The number of halogens is 1. The molecule has 2 nitrogen and oxygen atoms in total. The first kappa shape index (κ1) is 19.4. The molecule has 0 aromatic rings. The molecule has 1 aliphatic heterocycles. The van der Waals surface area contributed by atoms with Crippen molar-refractivity contribution in [3.8, 4) is 0 Å². The fourth-order valence-electron chi connectivity index (χ4n) is 3.01. The summed E-state index contributed by atoms with van der Waals surface area (Å²) in [4.78, 5) is 0. The van der Waals surface area contributed by atoms with Crippen LogP contribution in [0.15, 0.2) is 0 Å². The Balaban J connectivity index is 0.00000324. The van der Waals surface area contributed by atoms with Crippen LogP contribution in [-0.4, -0.2) is 43.9 Å². The fraction of sp³-hybridized carbons (Fsp3) is 1.00. The van der Waals surface area contributed by atoms with Gasteiger partial charge >= 0.3 is 0 Å². The molecule has 0 spiro atoms. The standard InChI is InChI=1S/C16H34NO.BrH/c1-3-5-6-7-8-9-10-11-12-17(4-2)13-15-18-16-14-17;/h3-16H2,1-2H3;1H/q+1;/p-1. The summed E-state index contributed by atoms with van der Waals surface area (Å²) in [7, 11) is 0. The first-order valence-electron chi connectivity index (χ1n) is 8.26. The van der Waals surface area contributed by atoms with E-state index in [1.165, 1.54) is 82.0 Å². The van der Waals surface area contributed by atoms with E-state index in [1.807, 2.05) is 0 Å². The van der Waals surface area contributed by atoms with Crippen LogP contribution >= 0.6 is 0 Å². The summed E-state index contributed by atoms with van der Waals surface area (Å²) in [6.45, 7) is 11.7. The highest BCUT2D eigenvalue weighted by Gasteiger charge is 2.27. The van der Waals surface area contributed by atoms with E-state index in [4.69, 9.17) is 4.74 Å². The molecule has 1 fully saturated rings. The van der Waals surface area contributed by atoms with E-state index >= 15 is 0 Å². The summed E-state index contributed by atoms with van der Waals surface area (Å²) in [6.07, 6.45) is 11.4. The van der Waals surface area contributed by atoms with Gasteiger partial charge in [0, 0.05) is 0 Å². The van der Waals surface area contributed by atoms with Gasteiger partial charge in [0.1, 0.15) is 13.1 Å². The van der Waals surface area contributed by atoms with Crippen molar-refractivity contribution < 1.29 is 26.2 Å². The third kappa shape index (κ3) is 8.31. The van der Waals surface area contributed by atoms with E-state index < -0.39 is 0 Å². The maximum atomic E-state index is 5.49. The molecule has 116 valence electrons. The number of morpholine rings is 1. The van der Waals surface area contributed by atoms with Crippen LogP contribution in [0.2, 0.25) is 0 Å².